The molecule has 10 rings (SSSR count). The van der Waals surface area contributed by atoms with Crippen molar-refractivity contribution in [3.8, 4) is 0 Å². The van der Waals surface area contributed by atoms with Crippen LogP contribution in [-0.2, 0) is 113 Å². The van der Waals surface area contributed by atoms with Crippen LogP contribution in [-0.4, -0.2) is 636 Å². The fraction of sp³-hybridized carbons (Fsp3) is 0.986. The minimum Gasteiger partial charge on any atom is -0.477 e. The summed E-state index contributed by atoms with van der Waals surface area (Å²) < 4.78 is 139. The van der Waals surface area contributed by atoms with Crippen molar-refractivity contribution in [1.82, 2.24) is 0 Å². The molecule has 0 bridgehead atoms. The number of phosphoric acid groups is 1. The molecule has 0 aromatic heterocycles. The Kier molecular flexibility index (Phi) is 44.1. The second kappa shape index (κ2) is 51.8. The van der Waals surface area contributed by atoms with Crippen molar-refractivity contribution in [2.75, 3.05) is 85.8 Å². The van der Waals surface area contributed by atoms with Crippen LogP contribution in [0.5, 0.6) is 0 Å². The van der Waals surface area contributed by atoms with Gasteiger partial charge in [-0.15, -0.1) is 0 Å². The molecule has 0 aromatic carbocycles. The summed E-state index contributed by atoms with van der Waals surface area (Å²) in [5.74, 6) is -5.54. The average Bonchev–Trinajstić information content (AvgIpc) is 0.816. The Labute approximate surface area is 790 Å². The first kappa shape index (κ1) is 119. The van der Waals surface area contributed by atoms with E-state index in [4.69, 9.17) is 127 Å². The highest BCUT2D eigenvalue weighted by atomic mass is 31.2. The lowest BCUT2D eigenvalue weighted by Crippen LogP contribution is -2.71. The van der Waals surface area contributed by atoms with Gasteiger partial charge in [0, 0.05) is 13.0 Å². The molecule has 820 valence electrons. The van der Waals surface area contributed by atoms with Gasteiger partial charge in [-0.3, -0.25) is 9.05 Å². The van der Waals surface area contributed by atoms with Crippen molar-refractivity contribution in [2.24, 2.45) is 22.9 Å². The largest absolute Gasteiger partial charge is 0.477 e. The van der Waals surface area contributed by atoms with E-state index in [2.05, 4.69) is 0 Å². The molecule has 10 saturated heterocycles. The number of aliphatic carboxylic acids is 1. The molecule has 10 aliphatic rings. The standard InChI is InChI=1S/C74H133N4O61P/c1-16-31(93)60(135-68-47(109)39(101)40(102)52(128-68)19(87)6-80)50(112)69(123-16)134-59-30(78)65(124-26(10-84)36(59)98)137-62-44(106)42(104)54(23(91)13-119-66-48(110)45(107)58(27(11-85)126-66)133-67-46(108)38(100)34(96)25(9-83)125-67)131-72(62)138-63-43(105)41(103)53(20(88)7-81)130-71(63)136-61-49(111)55(24(92)14-122-140(116,117)121-3-2-75)129-70(51(61)113)132-56-18(86)4-74(73(114)115,139-57(56)21(89)8-82)120-15-28-35(97)37(99)29(77)64(127-28)118-12-22(90)33(95)32(94)17(76)5-79/h16-72,79-113H,2-15,75-78H2,1H3,(H,114,115)(H,116,117)/t16-,17-,18+,19+,20-,21+,22+,23+,24-,25+,26+,27+,28+,29+,30+,31+,32+,33+,34+,35+,36+,37+,38-,39-,40-,41-,42-,43-,44-,45+,46+,47-,48+,49+,50-,51-,52+,53+,54+,55+,56+,57+,58-,59+,60+,61-,62-,63-,64+,65-,66+,67+,68+,69-,70+,71+,72+,74+/m0/s1. The van der Waals surface area contributed by atoms with Crippen LogP contribution < -0.4 is 22.9 Å². The number of aliphatic hydroxyl groups is 35. The third kappa shape index (κ3) is 26.7. The van der Waals surface area contributed by atoms with Gasteiger partial charge >= 0.3 is 13.8 Å². The van der Waals surface area contributed by atoms with E-state index in [9.17, 15) is 198 Å². The van der Waals surface area contributed by atoms with E-state index in [1.807, 2.05) is 0 Å². The zero-order chi connectivity index (χ0) is 104. The molecule has 10 fully saturated rings. The minimum atomic E-state index is -5.31. The van der Waals surface area contributed by atoms with E-state index in [-0.39, 0.29) is 0 Å². The van der Waals surface area contributed by atoms with Crippen molar-refractivity contribution in [2.45, 2.75) is 369 Å². The maximum absolute atomic E-state index is 13.5. The van der Waals surface area contributed by atoms with E-state index < -0.39 is 461 Å². The summed E-state index contributed by atoms with van der Waals surface area (Å²) in [4.78, 5) is 24.0. The SMILES string of the molecule is C[C@@H]1O[C@@H](O[C@@H]2[C@@H](N)[C@H](O[C@@H]3[C@@H](O[C@@H]4[C@@H](O[C@@H]5[C@H](O)[C@@H](O[C@H]6[C@@H]([C@H](O)CO)O[C@@](OC[C@H]7O[C@@H](OC[C@@H](O)[C@@H](O)[C@H](O)[C@@H](N)CO)[C@H](N)[C@@H](O)[C@@H]7O)(C(=O)O)C[C@H]6O)O[C@H]([C@@H](O)COP(=O)(O)OCCN)[C@H]5O)O[C@H]([C@@H](O)CO)[C@@H](O)[C@@H]4O)O[C@H]([C@H](O)CO[C@@H]4O[C@H](CO)[C@H](O[C@H]5O[C@H](CO)[C@@H](O)[C@H](O)[C@H]5O)[C@H](O)[C@H]4O)[C@@H](O)[C@@H]3O)O[C@H](CO)[C@H]2O)[C@@H](O)[C@H](O[C@H]2O[C@H]([C@H](O)CO)[C@@H](O)[C@H](O)[C@@H]2O)[C@@H]1O. The zero-order valence-electron chi connectivity index (χ0n) is 73.9. The molecule has 0 saturated carbocycles. The number of hydrogen-bond donors (Lipinski definition) is 41. The summed E-state index contributed by atoms with van der Waals surface area (Å²) in [6, 6.07) is -5.38. The van der Waals surface area contributed by atoms with E-state index in [0.29, 0.717) is 0 Å². The van der Waals surface area contributed by atoms with Gasteiger partial charge in [0.1, 0.15) is 256 Å². The van der Waals surface area contributed by atoms with E-state index >= 15 is 0 Å². The van der Waals surface area contributed by atoms with Crippen LogP contribution in [0.3, 0.4) is 0 Å². The van der Waals surface area contributed by atoms with Gasteiger partial charge in [-0.2, -0.15) is 0 Å². The number of ether oxygens (including phenoxy) is 20. The number of hydrogen-bond acceptors (Lipinski definition) is 63. The molecule has 1 unspecified atom stereocenters. The highest BCUT2D eigenvalue weighted by Gasteiger charge is 2.64. The molecule has 45 N–H and O–H groups in total. The van der Waals surface area contributed by atoms with Crippen LogP contribution in [0.15, 0.2) is 0 Å². The lowest BCUT2D eigenvalue weighted by Gasteiger charge is -2.52. The van der Waals surface area contributed by atoms with E-state index in [1.165, 1.54) is 0 Å². The molecular weight excluding hydrogens is 1950 g/mol. The topological polar surface area (TPSA) is 1090 Å². The molecule has 66 heteroatoms. The van der Waals surface area contributed by atoms with Crippen LogP contribution in [0.25, 0.3) is 0 Å². The molecule has 140 heavy (non-hydrogen) atoms. The van der Waals surface area contributed by atoms with Gasteiger partial charge in [0.25, 0.3) is 5.79 Å². The van der Waals surface area contributed by atoms with Gasteiger partial charge in [-0.25, -0.2) is 9.36 Å². The molecular formula is C74H133N4O61P. The van der Waals surface area contributed by atoms with Crippen molar-refractivity contribution in [1.29, 1.82) is 0 Å². The number of carboxylic acid groups (broad SMARTS) is 1. The number of carbonyl (C=O) groups is 1. The fourth-order valence-electron chi connectivity index (χ4n) is 17.0. The molecule has 10 aliphatic heterocycles. The third-order valence-electron chi connectivity index (χ3n) is 25.3. The number of aliphatic hydroxyl groups excluding tert-OH is 35. The summed E-state index contributed by atoms with van der Waals surface area (Å²) in [5, 5.41) is 401. The van der Waals surface area contributed by atoms with Crippen LogP contribution in [0.1, 0.15) is 13.3 Å². The van der Waals surface area contributed by atoms with Gasteiger partial charge in [0.05, 0.1) is 116 Å². The van der Waals surface area contributed by atoms with Crippen molar-refractivity contribution >= 4 is 13.8 Å². The molecule has 10 heterocycles. The molecule has 65 nitrogen and oxygen atoms in total. The molecule has 0 aromatic rings. The van der Waals surface area contributed by atoms with Gasteiger partial charge < -0.3 is 306 Å². The lowest BCUT2D eigenvalue weighted by atomic mass is 9.91. The number of nitrogens with two attached hydrogens (primary N) is 4. The maximum Gasteiger partial charge on any atom is 0.472 e. The van der Waals surface area contributed by atoms with Gasteiger partial charge in [0.15, 0.2) is 56.6 Å². The second-order valence-corrected chi connectivity index (χ2v) is 36.5. The quantitative estimate of drug-likeness (QED) is 0.0252. The predicted octanol–water partition coefficient (Wildman–Crippen LogP) is -27.0. The van der Waals surface area contributed by atoms with Crippen LogP contribution in [0.2, 0.25) is 0 Å². The van der Waals surface area contributed by atoms with Crippen LogP contribution in [0, 0.1) is 0 Å². The Morgan fingerprint density at radius 3 is 1.33 bits per heavy atom. The Morgan fingerprint density at radius 2 is 0.779 bits per heavy atom. The number of phosphoric ester groups is 1. The third-order valence-corrected chi connectivity index (χ3v) is 26.3. The smallest absolute Gasteiger partial charge is 0.472 e. The van der Waals surface area contributed by atoms with Crippen LogP contribution in [0.4, 0.5) is 0 Å². The highest BCUT2D eigenvalue weighted by Crippen LogP contribution is 2.46. The summed E-state index contributed by atoms with van der Waals surface area (Å²) in [6.45, 7) is -13.3. The van der Waals surface area contributed by atoms with Gasteiger partial charge in [0.2, 0.25) is 0 Å². The van der Waals surface area contributed by atoms with E-state index in [1.54, 1.807) is 0 Å². The van der Waals surface area contributed by atoms with Gasteiger partial charge in [-0.05, 0) is 6.92 Å². The Hall–Kier alpha value is -2.78. The second-order valence-electron chi connectivity index (χ2n) is 35.0. The molecule has 0 aliphatic carbocycles. The zero-order valence-corrected chi connectivity index (χ0v) is 74.8. The first-order chi connectivity index (χ1) is 65.9. The lowest BCUT2D eigenvalue weighted by molar-refractivity contribution is -0.412. The van der Waals surface area contributed by atoms with Crippen LogP contribution >= 0.6 is 7.82 Å². The monoisotopic (exact) mass is 2080 g/mol. The Balaban J connectivity index is 0.978. The Bertz CT molecular complexity index is 3750. The average molecular weight is 2090 g/mol. The Morgan fingerprint density at radius 1 is 0.371 bits per heavy atom. The molecule has 0 amide bonds. The first-order valence-corrected chi connectivity index (χ1v) is 45.5. The summed E-state index contributed by atoms with van der Waals surface area (Å²) in [6.07, 6.45) is -126. The minimum absolute atomic E-state index is 0.423. The predicted molar refractivity (Wildman–Crippen MR) is 428 cm³/mol. The summed E-state index contributed by atoms with van der Waals surface area (Å²) in [7, 11) is -5.31. The van der Waals surface area contributed by atoms with Gasteiger partial charge in [-0.1, -0.05) is 0 Å². The highest BCUT2D eigenvalue weighted by molar-refractivity contribution is 7.47. The fourth-order valence-corrected chi connectivity index (χ4v) is 17.8. The maximum atomic E-state index is 13.5. The van der Waals surface area contributed by atoms with Crippen molar-refractivity contribution < 1.29 is 302 Å². The molecule has 0 spiro atoms. The first-order valence-electron chi connectivity index (χ1n) is 44.0. The normalized spacial score (nSPS) is 47.6. The number of carboxylic acids is 1. The molecule has 0 radical (unpaired) electrons. The summed E-state index contributed by atoms with van der Waals surface area (Å²) in [5.41, 5.74) is 23.7. The summed E-state index contributed by atoms with van der Waals surface area (Å²) >= 11 is 0. The van der Waals surface area contributed by atoms with E-state index in [0.717, 1.165) is 6.92 Å². The van der Waals surface area contributed by atoms with Crippen molar-refractivity contribution in [3.63, 3.8) is 0 Å². The number of rotatable bonds is 45. The van der Waals surface area contributed by atoms with Crippen molar-refractivity contribution in [3.05, 3.63) is 0 Å². The molecule has 59 atom stereocenters.